The van der Waals surface area contributed by atoms with E-state index in [-0.39, 0.29) is 5.96 Å². The second-order valence-corrected chi connectivity index (χ2v) is 3.94. The van der Waals surface area contributed by atoms with E-state index < -0.39 is 0 Å². The highest BCUT2D eigenvalue weighted by atomic mass is 16.5. The molecule has 0 fully saturated rings. The molecule has 0 aliphatic rings. The average molecular weight is 280 g/mol. The molecule has 0 bridgehead atoms. The Kier molecular flexibility index (Phi) is 4.46. The van der Waals surface area contributed by atoms with Crippen LogP contribution in [0.4, 0.5) is 0 Å². The van der Waals surface area contributed by atoms with E-state index in [0.29, 0.717) is 17.2 Å². The largest absolute Gasteiger partial charge is 0.439 e. The quantitative estimate of drug-likeness (QED) is 0.497. The third-order valence-electron chi connectivity index (χ3n) is 2.35. The normalized spacial score (nSPS) is 10.0. The van der Waals surface area contributed by atoms with Gasteiger partial charge in [-0.2, -0.15) is 10.4 Å². The summed E-state index contributed by atoms with van der Waals surface area (Å²) < 4.78 is 5.54. The van der Waals surface area contributed by atoms with Gasteiger partial charge in [0.1, 0.15) is 11.8 Å². The predicted octanol–water partition coefficient (Wildman–Crippen LogP) is 1.35. The number of benzene rings is 1. The summed E-state index contributed by atoms with van der Waals surface area (Å²) >= 11 is 0. The Morgan fingerprint density at radius 1 is 1.19 bits per heavy atom. The van der Waals surface area contributed by atoms with Crippen LogP contribution in [0.2, 0.25) is 0 Å². The fourth-order valence-corrected chi connectivity index (χ4v) is 1.41. The first-order chi connectivity index (χ1) is 10.2. The van der Waals surface area contributed by atoms with Gasteiger partial charge in [-0.25, -0.2) is 4.98 Å². The van der Waals surface area contributed by atoms with Gasteiger partial charge < -0.3 is 16.2 Å². The van der Waals surface area contributed by atoms with Crippen molar-refractivity contribution in [2.45, 2.75) is 0 Å². The standard InChI is InChI=1S/C14H12N6O/c15-7-11-3-6-13(18-8-11)21-12-4-1-10(2-5-12)9-19-20-14(16)17/h1-6,8-9H,(H4,16,17,20). The number of nitrogens with two attached hydrogens (primary N) is 2. The molecular formula is C14H12N6O. The monoisotopic (exact) mass is 280 g/mol. The molecule has 2 aromatic rings. The summed E-state index contributed by atoms with van der Waals surface area (Å²) in [6.07, 6.45) is 2.97. The molecule has 0 aliphatic heterocycles. The molecule has 1 aromatic heterocycles. The lowest BCUT2D eigenvalue weighted by Crippen LogP contribution is -2.21. The molecule has 4 N–H and O–H groups in total. The highest BCUT2D eigenvalue weighted by molar-refractivity contribution is 5.81. The van der Waals surface area contributed by atoms with Crippen LogP contribution < -0.4 is 16.2 Å². The minimum atomic E-state index is -0.0990. The lowest BCUT2D eigenvalue weighted by molar-refractivity contribution is 0.463. The Balaban J connectivity index is 2.03. The van der Waals surface area contributed by atoms with Crippen molar-refractivity contribution >= 4 is 12.2 Å². The highest BCUT2D eigenvalue weighted by Crippen LogP contribution is 2.19. The summed E-state index contributed by atoms with van der Waals surface area (Å²) in [5.74, 6) is 0.931. The number of hydrogen-bond acceptors (Lipinski definition) is 5. The van der Waals surface area contributed by atoms with Crippen molar-refractivity contribution in [3.05, 3.63) is 53.7 Å². The summed E-state index contributed by atoms with van der Waals surface area (Å²) in [4.78, 5) is 4.02. The second-order valence-electron chi connectivity index (χ2n) is 3.94. The van der Waals surface area contributed by atoms with Crippen molar-refractivity contribution in [2.24, 2.45) is 21.7 Å². The Hall–Kier alpha value is -3.40. The van der Waals surface area contributed by atoms with Crippen LogP contribution in [0.15, 0.2) is 52.8 Å². The first-order valence-electron chi connectivity index (χ1n) is 5.93. The lowest BCUT2D eigenvalue weighted by atomic mass is 10.2. The van der Waals surface area contributed by atoms with Crippen molar-refractivity contribution in [1.82, 2.24) is 4.98 Å². The zero-order chi connectivity index (χ0) is 15.1. The maximum Gasteiger partial charge on any atom is 0.219 e. The summed E-state index contributed by atoms with van der Waals surface area (Å²) in [6.45, 7) is 0. The average Bonchev–Trinajstić information content (AvgIpc) is 2.49. The number of ether oxygens (including phenoxy) is 1. The first kappa shape index (κ1) is 14.0. The van der Waals surface area contributed by atoms with Crippen molar-refractivity contribution in [1.29, 1.82) is 5.26 Å². The van der Waals surface area contributed by atoms with E-state index in [2.05, 4.69) is 15.2 Å². The molecule has 0 aliphatic carbocycles. The van der Waals surface area contributed by atoms with Gasteiger partial charge in [0.15, 0.2) is 0 Å². The van der Waals surface area contributed by atoms with Crippen LogP contribution in [-0.4, -0.2) is 17.2 Å². The van der Waals surface area contributed by atoms with Gasteiger partial charge in [-0.3, -0.25) is 0 Å². The molecule has 104 valence electrons. The first-order valence-corrected chi connectivity index (χ1v) is 5.93. The fraction of sp³-hybridized carbons (Fsp3) is 0. The van der Waals surface area contributed by atoms with E-state index in [1.54, 1.807) is 36.4 Å². The van der Waals surface area contributed by atoms with E-state index in [1.165, 1.54) is 12.4 Å². The topological polar surface area (TPSA) is 123 Å². The molecule has 1 heterocycles. The van der Waals surface area contributed by atoms with Crippen molar-refractivity contribution in [2.75, 3.05) is 0 Å². The molecule has 0 saturated carbocycles. The van der Waals surface area contributed by atoms with Crippen molar-refractivity contribution in [3.8, 4) is 17.7 Å². The van der Waals surface area contributed by atoms with E-state index in [9.17, 15) is 0 Å². The van der Waals surface area contributed by atoms with Crippen molar-refractivity contribution < 1.29 is 4.74 Å². The van der Waals surface area contributed by atoms with Gasteiger partial charge in [0.2, 0.25) is 11.8 Å². The molecule has 0 radical (unpaired) electrons. The molecule has 2 rings (SSSR count). The summed E-state index contributed by atoms with van der Waals surface area (Å²) in [6, 6.07) is 12.4. The number of aromatic nitrogens is 1. The Bertz CT molecular complexity index is 694. The molecule has 21 heavy (non-hydrogen) atoms. The van der Waals surface area contributed by atoms with Gasteiger partial charge in [-0.05, 0) is 35.9 Å². The molecule has 0 amide bonds. The third-order valence-corrected chi connectivity index (χ3v) is 2.35. The zero-order valence-corrected chi connectivity index (χ0v) is 11.0. The van der Waals surface area contributed by atoms with Gasteiger partial charge in [-0.1, -0.05) is 0 Å². The van der Waals surface area contributed by atoms with E-state index >= 15 is 0 Å². The molecule has 0 atom stereocenters. The van der Waals surface area contributed by atoms with Crippen LogP contribution in [0, 0.1) is 11.3 Å². The predicted molar refractivity (Wildman–Crippen MR) is 78.9 cm³/mol. The maximum absolute atomic E-state index is 8.69. The number of nitriles is 1. The van der Waals surface area contributed by atoms with E-state index in [4.69, 9.17) is 21.5 Å². The van der Waals surface area contributed by atoms with Crippen LogP contribution in [0.1, 0.15) is 11.1 Å². The molecule has 7 heteroatoms. The lowest BCUT2D eigenvalue weighted by Gasteiger charge is -2.04. The SMILES string of the molecule is N#Cc1ccc(Oc2ccc(C=NN=C(N)N)cc2)nc1. The smallest absolute Gasteiger partial charge is 0.219 e. The van der Waals surface area contributed by atoms with Gasteiger partial charge in [-0.15, -0.1) is 5.10 Å². The van der Waals surface area contributed by atoms with Crippen LogP contribution in [0.25, 0.3) is 0 Å². The highest BCUT2D eigenvalue weighted by Gasteiger charge is 1.99. The third kappa shape index (κ3) is 4.33. The fourth-order valence-electron chi connectivity index (χ4n) is 1.41. The second kappa shape index (κ2) is 6.68. The van der Waals surface area contributed by atoms with Gasteiger partial charge in [0.25, 0.3) is 0 Å². The van der Waals surface area contributed by atoms with Crippen LogP contribution >= 0.6 is 0 Å². The number of pyridine rings is 1. The Morgan fingerprint density at radius 2 is 1.95 bits per heavy atom. The summed E-state index contributed by atoms with van der Waals surface area (Å²) in [7, 11) is 0. The van der Waals surface area contributed by atoms with Crippen LogP contribution in [-0.2, 0) is 0 Å². The van der Waals surface area contributed by atoms with Crippen LogP contribution in [0.3, 0.4) is 0 Å². The summed E-state index contributed by atoms with van der Waals surface area (Å²) in [5.41, 5.74) is 11.6. The number of rotatable bonds is 4. The van der Waals surface area contributed by atoms with Gasteiger partial charge in [0, 0.05) is 12.3 Å². The van der Waals surface area contributed by atoms with Crippen LogP contribution in [0.5, 0.6) is 11.6 Å². The molecule has 0 unspecified atom stereocenters. The minimum Gasteiger partial charge on any atom is -0.439 e. The molecule has 7 nitrogen and oxygen atoms in total. The molecular weight excluding hydrogens is 268 g/mol. The molecule has 0 saturated heterocycles. The summed E-state index contributed by atoms with van der Waals surface area (Å²) in [5, 5.41) is 15.9. The number of nitrogens with zero attached hydrogens (tertiary/aromatic N) is 4. The molecule has 0 spiro atoms. The van der Waals surface area contributed by atoms with Gasteiger partial charge >= 0.3 is 0 Å². The zero-order valence-electron chi connectivity index (χ0n) is 11.0. The Labute approximate surface area is 121 Å². The van der Waals surface area contributed by atoms with E-state index in [1.807, 2.05) is 6.07 Å². The number of guanidine groups is 1. The minimum absolute atomic E-state index is 0.0990. The molecule has 1 aromatic carbocycles. The van der Waals surface area contributed by atoms with E-state index in [0.717, 1.165) is 5.56 Å². The van der Waals surface area contributed by atoms with Crippen molar-refractivity contribution in [3.63, 3.8) is 0 Å². The maximum atomic E-state index is 8.69. The Morgan fingerprint density at radius 3 is 2.52 bits per heavy atom. The number of hydrogen-bond donors (Lipinski definition) is 2. The van der Waals surface area contributed by atoms with Gasteiger partial charge in [0.05, 0.1) is 11.8 Å².